The van der Waals surface area contributed by atoms with Crippen molar-refractivity contribution < 1.29 is 62.6 Å². The molecule has 1 aliphatic heterocycles. The molecule has 2 N–H and O–H groups in total. The number of unbranched alkanes of at least 4 members (excludes halogenated alkanes) is 5. The number of aliphatic imine (C=N–C) groups is 1. The maximum absolute atomic E-state index is 10.9. The third-order valence-corrected chi connectivity index (χ3v) is 8.01. The van der Waals surface area contributed by atoms with Crippen molar-refractivity contribution in [3.63, 3.8) is 0 Å². The Morgan fingerprint density at radius 2 is 0.843 bits per heavy atom. The second-order valence-corrected chi connectivity index (χ2v) is 15.9. The first-order valence-corrected chi connectivity index (χ1v) is 31.2. The number of esters is 4. The summed E-state index contributed by atoms with van der Waals surface area (Å²) in [4.78, 5) is 57.8. The largest absolute Gasteiger partial charge is 0.463 e. The summed E-state index contributed by atoms with van der Waals surface area (Å²) in [6.07, 6.45) is 15.3. The van der Waals surface area contributed by atoms with Gasteiger partial charge in [0.05, 0.1) is 39.3 Å². The lowest BCUT2D eigenvalue weighted by molar-refractivity contribution is -0.143. The normalized spacial score (nSPS) is 9.83. The number of ether oxygens (including phenoxy) is 6. The lowest BCUT2D eigenvalue weighted by Crippen LogP contribution is -2.24. The topological polar surface area (TPSA) is 197 Å². The molecule has 1 aliphatic rings. The minimum absolute atomic E-state index is 0.0438. The van der Waals surface area contributed by atoms with Crippen LogP contribution >= 0.6 is 0 Å². The van der Waals surface area contributed by atoms with Crippen molar-refractivity contribution >= 4 is 36.5 Å². The molecule has 2 rings (SSSR count). The van der Waals surface area contributed by atoms with Crippen molar-refractivity contribution in [3.05, 3.63) is 85.0 Å². The summed E-state index contributed by atoms with van der Waals surface area (Å²) < 4.78 is 29.2. The van der Waals surface area contributed by atoms with Gasteiger partial charge in [-0.15, -0.1) is 0 Å². The van der Waals surface area contributed by atoms with Gasteiger partial charge in [-0.25, -0.2) is 19.2 Å². The highest BCUT2D eigenvalue weighted by Gasteiger charge is 2.09. The van der Waals surface area contributed by atoms with Crippen molar-refractivity contribution in [2.24, 2.45) is 4.99 Å². The summed E-state index contributed by atoms with van der Waals surface area (Å²) in [5.74, 6) is -1.63. The monoisotopic (exact) mass is 1190 g/mol. The molecule has 2 atom stereocenters. The first-order chi connectivity index (χ1) is 39.8. The van der Waals surface area contributed by atoms with E-state index in [0.717, 1.165) is 76.8 Å². The quantitative estimate of drug-likeness (QED) is 0.0277. The SMILES string of the molecule is C=C(C)C(=O)OCC(O)COCCCC.C=C(C)C(=O)OCCCC.C=CC(=O)OCC(O)COCCCC.C=CC(=O)OCCCC.CC.CC.CC.CC.CC.CC.CC=O.CCC.CCCCN1C=NCC1.Cc1ccc(C)cc1. The molecule has 0 aromatic heterocycles. The van der Waals surface area contributed by atoms with Crippen LogP contribution in [0.15, 0.2) is 78.9 Å². The highest BCUT2D eigenvalue weighted by Crippen LogP contribution is 2.00. The van der Waals surface area contributed by atoms with E-state index < -0.39 is 24.1 Å². The van der Waals surface area contributed by atoms with Crippen molar-refractivity contribution in [1.82, 2.24) is 4.90 Å². The molecule has 15 heteroatoms. The van der Waals surface area contributed by atoms with E-state index in [1.807, 2.05) is 96.3 Å². The van der Waals surface area contributed by atoms with Gasteiger partial charge in [-0.3, -0.25) is 4.99 Å². The van der Waals surface area contributed by atoms with Crippen LogP contribution in [0.1, 0.15) is 234 Å². The van der Waals surface area contributed by atoms with E-state index in [0.29, 0.717) is 37.6 Å². The smallest absolute Gasteiger partial charge is 0.333 e. The third-order valence-electron chi connectivity index (χ3n) is 8.01. The van der Waals surface area contributed by atoms with Crippen molar-refractivity contribution in [1.29, 1.82) is 0 Å². The molecular weight excluding hydrogens is 1050 g/mol. The zero-order valence-electron chi connectivity index (χ0n) is 58.4. The molecule has 1 aromatic carbocycles. The minimum Gasteiger partial charge on any atom is -0.463 e. The third kappa shape index (κ3) is 120. The number of hydrogen-bond donors (Lipinski definition) is 2. The van der Waals surface area contributed by atoms with Crippen molar-refractivity contribution in [2.45, 2.75) is 249 Å². The molecule has 0 saturated carbocycles. The summed E-state index contributed by atoms with van der Waals surface area (Å²) in [5.41, 5.74) is 3.46. The first-order valence-electron chi connectivity index (χ1n) is 31.2. The Hall–Kier alpha value is -4.96. The molecule has 0 fully saturated rings. The van der Waals surface area contributed by atoms with Crippen LogP contribution in [0, 0.1) is 13.8 Å². The molecule has 0 spiro atoms. The Morgan fingerprint density at radius 3 is 1.14 bits per heavy atom. The minimum atomic E-state index is -0.759. The van der Waals surface area contributed by atoms with Gasteiger partial charge in [-0.1, -0.05) is 232 Å². The van der Waals surface area contributed by atoms with Gasteiger partial charge in [-0.05, 0) is 66.7 Å². The number of hydrogen-bond acceptors (Lipinski definition) is 15. The van der Waals surface area contributed by atoms with Crippen LogP contribution in [0.2, 0.25) is 0 Å². The van der Waals surface area contributed by atoms with E-state index in [4.69, 9.17) is 23.7 Å². The van der Waals surface area contributed by atoms with Gasteiger partial charge in [0.2, 0.25) is 0 Å². The summed E-state index contributed by atoms with van der Waals surface area (Å²) in [6, 6.07) is 8.48. The summed E-state index contributed by atoms with van der Waals surface area (Å²) in [6.45, 7) is 66.9. The van der Waals surface area contributed by atoms with E-state index in [1.165, 1.54) is 49.9 Å². The van der Waals surface area contributed by atoms with Crippen LogP contribution in [0.5, 0.6) is 0 Å². The van der Waals surface area contributed by atoms with Crippen LogP contribution in [0.25, 0.3) is 0 Å². The molecule has 15 nitrogen and oxygen atoms in total. The number of nitrogens with zero attached hydrogens (tertiary/aromatic N) is 2. The molecule has 2 unspecified atom stereocenters. The molecule has 1 heterocycles. The molecule has 0 bridgehead atoms. The zero-order valence-corrected chi connectivity index (χ0v) is 58.4. The van der Waals surface area contributed by atoms with E-state index in [2.05, 4.69) is 125 Å². The Labute approximate surface area is 513 Å². The van der Waals surface area contributed by atoms with E-state index in [-0.39, 0.29) is 38.4 Å². The molecule has 0 aliphatic carbocycles. The number of carbonyl (C=O) groups is 5. The number of benzene rings is 1. The standard InChI is InChI=1S/C11H20O4.C10H18O4.C8H14O2.C8H10.C7H14N2.C7H12O2.C3H8.C2H4O.6C2H6/c1-4-5-6-14-7-10(12)8-15-11(13)9(2)3;1-3-5-6-13-7-9(11)8-14-10(12)4-2;1-4-5-6-10-8(9)7(2)3;1-7-3-5-8(2)6-4-7;1-2-3-5-9-6-4-8-7-9;1-3-5-6-9-7(8)4-2;1-3-2;1-2-3;6*1-2/h10,12H,2,4-8H2,1,3H3;4,9,11H,2-3,5-8H2,1H3;2,4-6H2,1,3H3;3-6H,1-2H3;7H,2-6H2,1H3;4H,2-3,5-6H2,1H3;3H2,1-2H3;2H,1H3;6*1-2H3. The summed E-state index contributed by atoms with van der Waals surface area (Å²) in [5, 5.41) is 18.6. The average Bonchev–Trinajstić information content (AvgIpc) is 4.04. The van der Waals surface area contributed by atoms with Crippen LogP contribution in [-0.4, -0.2) is 136 Å². The predicted molar refractivity (Wildman–Crippen MR) is 359 cm³/mol. The van der Waals surface area contributed by atoms with Gasteiger partial charge in [0.15, 0.2) is 0 Å². The van der Waals surface area contributed by atoms with E-state index >= 15 is 0 Å². The van der Waals surface area contributed by atoms with Crippen molar-refractivity contribution in [3.8, 4) is 0 Å². The number of aryl methyl sites for hydroxylation is 2. The zero-order chi connectivity index (χ0) is 67.5. The summed E-state index contributed by atoms with van der Waals surface area (Å²) in [7, 11) is 0. The summed E-state index contributed by atoms with van der Waals surface area (Å²) >= 11 is 0. The molecule has 496 valence electrons. The molecule has 83 heavy (non-hydrogen) atoms. The van der Waals surface area contributed by atoms with Crippen LogP contribution in [0.3, 0.4) is 0 Å². The predicted octanol–water partition coefficient (Wildman–Crippen LogP) is 16.8. The van der Waals surface area contributed by atoms with E-state index in [9.17, 15) is 29.4 Å². The van der Waals surface area contributed by atoms with Gasteiger partial charge in [0.1, 0.15) is 31.7 Å². The Kier molecular flexibility index (Phi) is 135. The van der Waals surface area contributed by atoms with Gasteiger partial charge in [-0.2, -0.15) is 0 Å². The Balaban J connectivity index is -0.0000000694. The Morgan fingerprint density at radius 1 is 0.542 bits per heavy atom. The number of aldehydes is 1. The fourth-order valence-electron chi connectivity index (χ4n) is 3.95. The average molecular weight is 1190 g/mol. The Bertz CT molecular complexity index is 1450. The van der Waals surface area contributed by atoms with E-state index in [1.54, 1.807) is 13.8 Å². The second-order valence-electron chi connectivity index (χ2n) is 15.9. The lowest BCUT2D eigenvalue weighted by Gasteiger charge is -2.11. The fraction of sp³-hybridized carbons (Fsp3) is 0.706. The number of rotatable bonds is 27. The van der Waals surface area contributed by atoms with Crippen LogP contribution in [-0.2, 0) is 52.4 Å². The maximum atomic E-state index is 10.9. The van der Waals surface area contributed by atoms with Gasteiger partial charge in [0, 0.05) is 49.6 Å². The van der Waals surface area contributed by atoms with Gasteiger partial charge >= 0.3 is 23.9 Å². The highest BCUT2D eigenvalue weighted by atomic mass is 16.6. The van der Waals surface area contributed by atoms with Gasteiger partial charge in [0.25, 0.3) is 0 Å². The molecule has 1 aromatic rings. The van der Waals surface area contributed by atoms with Crippen LogP contribution in [0.4, 0.5) is 0 Å². The van der Waals surface area contributed by atoms with Gasteiger partial charge < -0.3 is 48.3 Å². The molecule has 0 saturated heterocycles. The molecular formula is C68H136N2O13. The lowest BCUT2D eigenvalue weighted by atomic mass is 10.2. The number of carbonyl (C=O) groups excluding carboxylic acids is 5. The second kappa shape index (κ2) is 105. The molecule has 0 radical (unpaired) electrons. The number of aliphatic hydroxyl groups is 2. The fourth-order valence-corrected chi connectivity index (χ4v) is 3.95. The number of aliphatic hydroxyl groups excluding tert-OH is 2. The maximum Gasteiger partial charge on any atom is 0.333 e. The first kappa shape index (κ1) is 106. The highest BCUT2D eigenvalue weighted by molar-refractivity contribution is 5.87. The van der Waals surface area contributed by atoms with Crippen molar-refractivity contribution in [2.75, 3.05) is 72.5 Å². The van der Waals surface area contributed by atoms with Crippen LogP contribution < -0.4 is 0 Å². The molecule has 0 amide bonds.